The normalized spacial score (nSPS) is 12.6. The fourth-order valence-corrected chi connectivity index (χ4v) is 3.49. The smallest absolute Gasteiger partial charge is 0.390 e. The zero-order chi connectivity index (χ0) is 17.4. The highest BCUT2D eigenvalue weighted by molar-refractivity contribution is 7.20. The maximum Gasteiger partial charge on any atom is 0.390 e. The fraction of sp³-hybridized carbons (Fsp3) is 0.462. The van der Waals surface area contributed by atoms with Crippen LogP contribution >= 0.6 is 11.3 Å². The third-order valence-corrected chi connectivity index (χ3v) is 4.69. The molecule has 23 heavy (non-hydrogen) atoms. The van der Waals surface area contributed by atoms with Crippen LogP contribution < -0.4 is 11.2 Å². The largest absolute Gasteiger partial charge is 0.411 e. The topological polar surface area (TPSA) is 76.6 Å². The van der Waals surface area contributed by atoms with Crippen molar-refractivity contribution in [2.45, 2.75) is 39.5 Å². The van der Waals surface area contributed by atoms with Crippen LogP contribution in [0.15, 0.2) is 14.7 Å². The Morgan fingerprint density at radius 2 is 1.96 bits per heavy atom. The number of rotatable bonds is 4. The van der Waals surface area contributed by atoms with Gasteiger partial charge in [0.2, 0.25) is 0 Å². The molecule has 0 radical (unpaired) electrons. The van der Waals surface area contributed by atoms with Gasteiger partial charge in [-0.1, -0.05) is 5.16 Å². The molecule has 6 nitrogen and oxygen atoms in total. The molecular weight excluding hydrogens is 335 g/mol. The van der Waals surface area contributed by atoms with Crippen LogP contribution in [-0.4, -0.2) is 26.7 Å². The van der Waals surface area contributed by atoms with Crippen molar-refractivity contribution >= 4 is 27.8 Å². The Kier molecular flexibility index (Phi) is 4.64. The van der Waals surface area contributed by atoms with Crippen molar-refractivity contribution in [3.63, 3.8) is 0 Å². The first kappa shape index (κ1) is 17.3. The maximum absolute atomic E-state index is 12.5. The predicted octanol–water partition coefficient (Wildman–Crippen LogP) is 2.31. The number of hydrogen-bond donors (Lipinski definition) is 1. The van der Waals surface area contributed by atoms with Gasteiger partial charge >= 0.3 is 11.9 Å². The first-order valence-electron chi connectivity index (χ1n) is 6.72. The molecule has 10 heteroatoms. The van der Waals surface area contributed by atoms with Gasteiger partial charge in [0.15, 0.2) is 0 Å². The minimum absolute atomic E-state index is 0.0539. The summed E-state index contributed by atoms with van der Waals surface area (Å²) in [6, 6.07) is 0. The molecule has 0 saturated heterocycles. The van der Waals surface area contributed by atoms with Crippen molar-refractivity contribution in [2.24, 2.45) is 5.16 Å². The molecule has 0 spiro atoms. The minimum Gasteiger partial charge on any atom is -0.411 e. The van der Waals surface area contributed by atoms with Crippen LogP contribution in [0.4, 0.5) is 13.2 Å². The lowest BCUT2D eigenvalue weighted by Gasteiger charge is -2.12. The average molecular weight is 349 g/mol. The zero-order valence-corrected chi connectivity index (χ0v) is 13.2. The van der Waals surface area contributed by atoms with E-state index in [-0.39, 0.29) is 16.8 Å². The lowest BCUT2D eigenvalue weighted by Crippen LogP contribution is -2.39. The summed E-state index contributed by atoms with van der Waals surface area (Å²) in [6.45, 7) is 2.64. The van der Waals surface area contributed by atoms with Gasteiger partial charge in [0.25, 0.3) is 5.56 Å². The maximum atomic E-state index is 12.5. The molecule has 126 valence electrons. The fourth-order valence-electron chi connectivity index (χ4n) is 2.30. The highest BCUT2D eigenvalue weighted by Crippen LogP contribution is 2.28. The molecule has 1 N–H and O–H groups in total. The number of aromatic nitrogens is 2. The Labute approximate surface area is 132 Å². The summed E-state index contributed by atoms with van der Waals surface area (Å²) in [5.74, 6) is 0. The Morgan fingerprint density at radius 3 is 2.48 bits per heavy atom. The Bertz CT molecular complexity index is 877. The average Bonchev–Trinajstić information content (AvgIpc) is 2.76. The lowest BCUT2D eigenvalue weighted by molar-refractivity contribution is -0.136. The molecule has 0 amide bonds. The van der Waals surface area contributed by atoms with E-state index in [0.29, 0.717) is 10.4 Å². The minimum atomic E-state index is -4.42. The molecule has 2 aromatic heterocycles. The molecule has 2 rings (SSSR count). The van der Waals surface area contributed by atoms with Gasteiger partial charge in [-0.3, -0.25) is 13.9 Å². The van der Waals surface area contributed by atoms with Crippen molar-refractivity contribution in [2.75, 3.05) is 0 Å². The summed E-state index contributed by atoms with van der Waals surface area (Å²) >= 11 is 0.946. The Hall–Kier alpha value is -2.10. The van der Waals surface area contributed by atoms with Crippen molar-refractivity contribution in [3.05, 3.63) is 31.3 Å². The van der Waals surface area contributed by atoms with Crippen molar-refractivity contribution < 1.29 is 18.4 Å². The molecule has 2 heterocycles. The van der Waals surface area contributed by atoms with Gasteiger partial charge in [0, 0.05) is 13.1 Å². The van der Waals surface area contributed by atoms with Crippen LogP contribution in [0.2, 0.25) is 0 Å². The standard InChI is InChI=1S/C13H14F3N3O3S/c1-3-18-10(20)9-7(2)8(6-17-22)23-11(9)19(12(18)21)5-4-13(14,15)16/h6,22H,3-5H2,1-2H3/b17-6+. The first-order valence-corrected chi connectivity index (χ1v) is 7.53. The molecule has 2 aromatic rings. The third kappa shape index (κ3) is 3.16. The summed E-state index contributed by atoms with van der Waals surface area (Å²) < 4.78 is 39.4. The van der Waals surface area contributed by atoms with Gasteiger partial charge < -0.3 is 5.21 Å². The van der Waals surface area contributed by atoms with Crippen LogP contribution in [0.3, 0.4) is 0 Å². The summed E-state index contributed by atoms with van der Waals surface area (Å²) in [5.41, 5.74) is -0.860. The molecule has 0 aromatic carbocycles. The van der Waals surface area contributed by atoms with Crippen LogP contribution in [0, 0.1) is 6.92 Å². The molecule has 0 unspecified atom stereocenters. The predicted molar refractivity (Wildman–Crippen MR) is 80.8 cm³/mol. The van der Waals surface area contributed by atoms with E-state index >= 15 is 0 Å². The second-order valence-corrected chi connectivity index (χ2v) is 5.90. The second-order valence-electron chi connectivity index (χ2n) is 4.86. The third-order valence-electron chi connectivity index (χ3n) is 3.44. The zero-order valence-electron chi connectivity index (χ0n) is 12.3. The molecular formula is C13H14F3N3O3S. The van der Waals surface area contributed by atoms with E-state index in [2.05, 4.69) is 5.16 Å². The second kappa shape index (κ2) is 6.19. The van der Waals surface area contributed by atoms with E-state index in [9.17, 15) is 22.8 Å². The van der Waals surface area contributed by atoms with Gasteiger partial charge in [0.05, 0.1) is 22.9 Å². The van der Waals surface area contributed by atoms with E-state index < -0.39 is 30.4 Å². The summed E-state index contributed by atoms with van der Waals surface area (Å²) in [7, 11) is 0. The van der Waals surface area contributed by atoms with Crippen molar-refractivity contribution in [3.8, 4) is 0 Å². The molecule has 0 fully saturated rings. The summed E-state index contributed by atoms with van der Waals surface area (Å²) in [5, 5.41) is 11.7. The van der Waals surface area contributed by atoms with Crippen LogP contribution in [-0.2, 0) is 13.1 Å². The quantitative estimate of drug-likeness (QED) is 0.523. The van der Waals surface area contributed by atoms with Gasteiger partial charge in [-0.2, -0.15) is 13.2 Å². The van der Waals surface area contributed by atoms with Crippen LogP contribution in [0.25, 0.3) is 10.2 Å². The molecule has 0 bridgehead atoms. The SMILES string of the molecule is CCn1c(=O)c2c(C)c(/C=N/O)sc2n(CCC(F)(F)F)c1=O. The van der Waals surface area contributed by atoms with E-state index in [0.717, 1.165) is 26.7 Å². The molecule has 0 aliphatic carbocycles. The number of hydrogen-bond acceptors (Lipinski definition) is 5. The molecule has 0 aliphatic rings. The molecule has 0 aliphatic heterocycles. The first-order chi connectivity index (χ1) is 10.7. The van der Waals surface area contributed by atoms with E-state index in [1.807, 2.05) is 0 Å². The number of thiophene rings is 1. The number of oxime groups is 1. The van der Waals surface area contributed by atoms with E-state index in [1.165, 1.54) is 0 Å². The van der Waals surface area contributed by atoms with E-state index in [4.69, 9.17) is 5.21 Å². The highest BCUT2D eigenvalue weighted by atomic mass is 32.1. The van der Waals surface area contributed by atoms with Crippen molar-refractivity contribution in [1.82, 2.24) is 9.13 Å². The molecule has 0 saturated carbocycles. The Morgan fingerprint density at radius 1 is 1.30 bits per heavy atom. The van der Waals surface area contributed by atoms with Gasteiger partial charge in [0.1, 0.15) is 4.83 Å². The number of alkyl halides is 3. The van der Waals surface area contributed by atoms with E-state index in [1.54, 1.807) is 13.8 Å². The van der Waals surface area contributed by atoms with Crippen molar-refractivity contribution in [1.29, 1.82) is 0 Å². The summed E-state index contributed by atoms with van der Waals surface area (Å²) in [4.78, 5) is 25.3. The highest BCUT2D eigenvalue weighted by Gasteiger charge is 2.28. The monoisotopic (exact) mass is 349 g/mol. The number of aryl methyl sites for hydroxylation is 2. The number of nitrogens with zero attached hydrogens (tertiary/aromatic N) is 3. The Balaban J connectivity index is 2.81. The van der Waals surface area contributed by atoms with Gasteiger partial charge in [-0.25, -0.2) is 4.79 Å². The lowest BCUT2D eigenvalue weighted by atomic mass is 10.2. The molecule has 0 atom stereocenters. The number of fused-ring (bicyclic) bond motifs is 1. The van der Waals surface area contributed by atoms with Crippen LogP contribution in [0.5, 0.6) is 0 Å². The van der Waals surface area contributed by atoms with Gasteiger partial charge in [-0.15, -0.1) is 11.3 Å². The summed E-state index contributed by atoms with van der Waals surface area (Å²) in [6.07, 6.45) is -4.50. The number of halogens is 3. The van der Waals surface area contributed by atoms with Gasteiger partial charge in [-0.05, 0) is 19.4 Å². The van der Waals surface area contributed by atoms with Crippen LogP contribution in [0.1, 0.15) is 23.8 Å².